The van der Waals surface area contributed by atoms with Crippen molar-refractivity contribution in [3.05, 3.63) is 47.2 Å². The molecule has 3 aromatic rings. The molecule has 0 bridgehead atoms. The van der Waals surface area contributed by atoms with Crippen LogP contribution in [0, 0.1) is 6.92 Å². The molecule has 1 aliphatic rings. The van der Waals surface area contributed by atoms with Crippen molar-refractivity contribution < 1.29 is 9.21 Å². The van der Waals surface area contributed by atoms with Gasteiger partial charge in [0.15, 0.2) is 5.82 Å². The molecule has 0 saturated carbocycles. The second-order valence-corrected chi connectivity index (χ2v) is 6.42. The number of nitrogens with zero attached hydrogens (tertiary/aromatic N) is 3. The van der Waals surface area contributed by atoms with E-state index in [0.29, 0.717) is 6.54 Å². The Morgan fingerprint density at radius 2 is 2.20 bits per heavy atom. The van der Waals surface area contributed by atoms with Crippen LogP contribution >= 0.6 is 0 Å². The van der Waals surface area contributed by atoms with Gasteiger partial charge in [-0.3, -0.25) is 0 Å². The van der Waals surface area contributed by atoms with Gasteiger partial charge in [-0.2, -0.15) is 0 Å². The predicted molar refractivity (Wildman–Crippen MR) is 93.1 cm³/mol. The van der Waals surface area contributed by atoms with Crippen LogP contribution in [-0.4, -0.2) is 20.8 Å². The van der Waals surface area contributed by atoms with Gasteiger partial charge in [0.05, 0.1) is 12.6 Å². The number of hydrogen-bond acceptors (Lipinski definition) is 4. The van der Waals surface area contributed by atoms with Gasteiger partial charge in [-0.25, -0.2) is 4.79 Å². The lowest BCUT2D eigenvalue weighted by atomic mass is 10.1. The average Bonchev–Trinajstić information content (AvgIpc) is 3.28. The van der Waals surface area contributed by atoms with Gasteiger partial charge in [0.1, 0.15) is 17.2 Å². The fourth-order valence-electron chi connectivity index (χ4n) is 3.42. The van der Waals surface area contributed by atoms with Crippen LogP contribution in [0.4, 0.5) is 4.79 Å². The molecule has 2 aromatic heterocycles. The molecule has 0 unspecified atom stereocenters. The van der Waals surface area contributed by atoms with E-state index >= 15 is 0 Å². The fraction of sp³-hybridized carbons (Fsp3) is 0.389. The Labute approximate surface area is 145 Å². The van der Waals surface area contributed by atoms with E-state index in [1.54, 1.807) is 0 Å². The second-order valence-electron chi connectivity index (χ2n) is 6.42. The Morgan fingerprint density at radius 3 is 3.04 bits per heavy atom. The molecule has 4 rings (SSSR count). The van der Waals surface area contributed by atoms with Crippen LogP contribution in [0.25, 0.3) is 11.0 Å². The summed E-state index contributed by atoms with van der Waals surface area (Å²) < 4.78 is 7.98. The number of nitrogens with one attached hydrogen (secondary N) is 2. The molecule has 0 spiro atoms. The van der Waals surface area contributed by atoms with Crippen LogP contribution in [0.1, 0.15) is 42.4 Å². The van der Waals surface area contributed by atoms with Gasteiger partial charge >= 0.3 is 6.03 Å². The Balaban J connectivity index is 1.40. The highest BCUT2D eigenvalue weighted by Crippen LogP contribution is 2.29. The number of fused-ring (bicyclic) bond motifs is 2. The summed E-state index contributed by atoms with van der Waals surface area (Å²) in [6.07, 6.45) is 2.05. The minimum absolute atomic E-state index is 0.225. The molecule has 7 nitrogen and oxygen atoms in total. The molecule has 0 saturated heterocycles. The number of furan rings is 1. The quantitative estimate of drug-likeness (QED) is 0.765. The maximum absolute atomic E-state index is 12.2. The average molecular weight is 339 g/mol. The minimum atomic E-state index is -0.247. The highest BCUT2D eigenvalue weighted by atomic mass is 16.3. The van der Waals surface area contributed by atoms with Crippen LogP contribution in [0.15, 0.2) is 28.7 Å². The van der Waals surface area contributed by atoms with E-state index < -0.39 is 0 Å². The number of rotatable bonds is 4. The van der Waals surface area contributed by atoms with Crippen molar-refractivity contribution in [3.8, 4) is 0 Å². The summed E-state index contributed by atoms with van der Waals surface area (Å²) in [5, 5.41) is 15.1. The monoisotopic (exact) mass is 339 g/mol. The number of amides is 2. The zero-order valence-corrected chi connectivity index (χ0v) is 14.4. The third-order valence-electron chi connectivity index (χ3n) is 4.71. The standard InChI is InChI=1S/C18H21N5O2/c1-11-13-6-3-4-7-14(13)25-17(11)12(2)20-18(24)19-10-16-22-21-15-8-5-9-23(15)16/h3-4,6-7,12H,5,8-10H2,1-2H3,(H2,19,20,24)/t12-/m1/s1. The number of aromatic nitrogens is 3. The van der Waals surface area contributed by atoms with Gasteiger partial charge in [0, 0.05) is 23.9 Å². The highest BCUT2D eigenvalue weighted by Gasteiger charge is 2.20. The normalized spacial score (nSPS) is 14.5. The first-order chi connectivity index (χ1) is 12.1. The number of para-hydroxylation sites is 1. The molecule has 1 aromatic carbocycles. The van der Waals surface area contributed by atoms with Gasteiger partial charge in [-0.1, -0.05) is 18.2 Å². The van der Waals surface area contributed by atoms with Crippen molar-refractivity contribution in [2.24, 2.45) is 0 Å². The number of aryl methyl sites for hydroxylation is 2. The summed E-state index contributed by atoms with van der Waals surface area (Å²) in [5.74, 6) is 2.58. The third-order valence-corrected chi connectivity index (χ3v) is 4.71. The van der Waals surface area contributed by atoms with Gasteiger partial charge in [-0.15, -0.1) is 10.2 Å². The number of carbonyl (C=O) groups is 1. The van der Waals surface area contributed by atoms with Crippen molar-refractivity contribution in [3.63, 3.8) is 0 Å². The zero-order chi connectivity index (χ0) is 17.4. The first-order valence-corrected chi connectivity index (χ1v) is 8.57. The highest BCUT2D eigenvalue weighted by molar-refractivity contribution is 5.82. The second kappa shape index (κ2) is 6.23. The molecule has 0 radical (unpaired) electrons. The summed E-state index contributed by atoms with van der Waals surface area (Å²) in [7, 11) is 0. The first kappa shape index (κ1) is 15.7. The van der Waals surface area contributed by atoms with Crippen molar-refractivity contribution in [1.82, 2.24) is 25.4 Å². The lowest BCUT2D eigenvalue weighted by Crippen LogP contribution is -2.37. The van der Waals surface area contributed by atoms with Crippen LogP contribution < -0.4 is 10.6 Å². The topological polar surface area (TPSA) is 85.0 Å². The van der Waals surface area contributed by atoms with Crippen LogP contribution in [-0.2, 0) is 19.5 Å². The van der Waals surface area contributed by atoms with E-state index in [9.17, 15) is 4.79 Å². The summed E-state index contributed by atoms with van der Waals surface area (Å²) in [5.41, 5.74) is 1.89. The Morgan fingerprint density at radius 1 is 1.36 bits per heavy atom. The summed E-state index contributed by atoms with van der Waals surface area (Å²) in [6.45, 7) is 5.22. The van der Waals surface area contributed by atoms with E-state index in [2.05, 4.69) is 25.4 Å². The van der Waals surface area contributed by atoms with Gasteiger partial charge in [0.2, 0.25) is 0 Å². The SMILES string of the molecule is Cc1c([C@@H](C)NC(=O)NCc2nnc3n2CCC3)oc2ccccc12. The van der Waals surface area contributed by atoms with Crippen LogP contribution in [0.3, 0.4) is 0 Å². The van der Waals surface area contributed by atoms with Crippen molar-refractivity contribution in [2.75, 3.05) is 0 Å². The van der Waals surface area contributed by atoms with E-state index in [-0.39, 0.29) is 12.1 Å². The lowest BCUT2D eigenvalue weighted by molar-refractivity contribution is 0.235. The lowest BCUT2D eigenvalue weighted by Gasteiger charge is -2.13. The largest absolute Gasteiger partial charge is 0.459 e. The van der Waals surface area contributed by atoms with Gasteiger partial charge < -0.3 is 19.6 Å². The molecule has 2 N–H and O–H groups in total. The van der Waals surface area contributed by atoms with Crippen LogP contribution in [0.2, 0.25) is 0 Å². The summed E-state index contributed by atoms with van der Waals surface area (Å²) in [6, 6.07) is 7.41. The fourth-order valence-corrected chi connectivity index (χ4v) is 3.42. The molecular weight excluding hydrogens is 318 g/mol. The Hall–Kier alpha value is -2.83. The van der Waals surface area contributed by atoms with E-state index in [4.69, 9.17) is 4.42 Å². The first-order valence-electron chi connectivity index (χ1n) is 8.57. The van der Waals surface area contributed by atoms with Gasteiger partial charge in [0.25, 0.3) is 0 Å². The predicted octanol–water partition coefficient (Wildman–Crippen LogP) is 2.84. The molecular formula is C18H21N5O2. The molecule has 0 aliphatic carbocycles. The Bertz CT molecular complexity index is 927. The third kappa shape index (κ3) is 2.86. The molecule has 3 heterocycles. The van der Waals surface area contributed by atoms with Crippen molar-refractivity contribution in [1.29, 1.82) is 0 Å². The van der Waals surface area contributed by atoms with E-state index in [0.717, 1.165) is 53.3 Å². The molecule has 2 amide bonds. The maximum Gasteiger partial charge on any atom is 0.315 e. The van der Waals surface area contributed by atoms with E-state index in [1.165, 1.54) is 0 Å². The molecule has 1 atom stereocenters. The molecule has 0 fully saturated rings. The molecule has 130 valence electrons. The number of benzene rings is 1. The van der Waals surface area contributed by atoms with Crippen LogP contribution in [0.5, 0.6) is 0 Å². The smallest absolute Gasteiger partial charge is 0.315 e. The van der Waals surface area contributed by atoms with Crippen molar-refractivity contribution in [2.45, 2.75) is 45.8 Å². The number of urea groups is 1. The summed E-state index contributed by atoms with van der Waals surface area (Å²) >= 11 is 0. The number of carbonyl (C=O) groups excluding carboxylic acids is 1. The maximum atomic E-state index is 12.2. The molecule has 25 heavy (non-hydrogen) atoms. The van der Waals surface area contributed by atoms with E-state index in [1.807, 2.05) is 38.1 Å². The summed E-state index contributed by atoms with van der Waals surface area (Å²) in [4.78, 5) is 12.2. The van der Waals surface area contributed by atoms with Gasteiger partial charge in [-0.05, 0) is 26.3 Å². The Kier molecular flexibility index (Phi) is 3.91. The number of hydrogen-bond donors (Lipinski definition) is 2. The molecule has 1 aliphatic heterocycles. The van der Waals surface area contributed by atoms with Crippen molar-refractivity contribution >= 4 is 17.0 Å². The zero-order valence-electron chi connectivity index (χ0n) is 14.4. The molecule has 7 heteroatoms. The minimum Gasteiger partial charge on any atom is -0.459 e.